The van der Waals surface area contributed by atoms with Crippen molar-refractivity contribution in [2.75, 3.05) is 71.0 Å². The highest BCUT2D eigenvalue weighted by Crippen LogP contribution is 2.26. The molecule has 1 fully saturated rings. The third-order valence-electron chi connectivity index (χ3n) is 6.44. The number of fused-ring (bicyclic) bond motifs is 1. The molecule has 4 amide bonds. The van der Waals surface area contributed by atoms with Gasteiger partial charge in [-0.3, -0.25) is 14.4 Å². The SMILES string of the molecule is NCCOCCOCCNC(=O)Nc1cccc2c(C(=O)C(=O)N3CCN(C(=O)c4ccccc4)CC3)c[nH]c12. The van der Waals surface area contributed by atoms with Gasteiger partial charge in [0.25, 0.3) is 17.6 Å². The number of hydrogen-bond donors (Lipinski definition) is 4. The highest BCUT2D eigenvalue weighted by molar-refractivity contribution is 6.45. The molecule has 1 aromatic heterocycles. The Labute approximate surface area is 231 Å². The Kier molecular flexibility index (Phi) is 10.2. The van der Waals surface area contributed by atoms with E-state index in [4.69, 9.17) is 15.2 Å². The van der Waals surface area contributed by atoms with Gasteiger partial charge in [0, 0.05) is 56.4 Å². The number of hydrogen-bond acceptors (Lipinski definition) is 7. The van der Waals surface area contributed by atoms with E-state index >= 15 is 0 Å². The zero-order chi connectivity index (χ0) is 28.3. The summed E-state index contributed by atoms with van der Waals surface area (Å²) in [6.07, 6.45) is 1.48. The molecule has 0 unspecified atom stereocenters. The number of amides is 4. The fraction of sp³-hybridized carbons (Fsp3) is 0.357. The standard InChI is InChI=1S/C28H34N6O6/c29-9-15-39-17-18-40-16-10-30-28(38)32-23-8-4-7-21-22(19-31-24(21)23)25(35)27(37)34-13-11-33(12-14-34)26(36)20-5-2-1-3-6-20/h1-8,19,31H,9-18,29H2,(H2,30,32,38). The zero-order valence-corrected chi connectivity index (χ0v) is 22.2. The fourth-order valence-electron chi connectivity index (χ4n) is 4.39. The molecule has 5 N–H and O–H groups in total. The number of carbonyl (C=O) groups excluding carboxylic acids is 4. The summed E-state index contributed by atoms with van der Waals surface area (Å²) in [7, 11) is 0. The first-order valence-corrected chi connectivity index (χ1v) is 13.2. The van der Waals surface area contributed by atoms with Crippen LogP contribution in [0.2, 0.25) is 0 Å². The van der Waals surface area contributed by atoms with Crippen LogP contribution in [-0.4, -0.2) is 104 Å². The Hall–Kier alpha value is -4.26. The summed E-state index contributed by atoms with van der Waals surface area (Å²) in [4.78, 5) is 57.4. The summed E-state index contributed by atoms with van der Waals surface area (Å²) in [5.41, 5.74) is 7.15. The lowest BCUT2D eigenvalue weighted by Crippen LogP contribution is -2.52. The van der Waals surface area contributed by atoms with Crippen LogP contribution in [0.3, 0.4) is 0 Å². The molecule has 2 aromatic carbocycles. The summed E-state index contributed by atoms with van der Waals surface area (Å²) in [5.74, 6) is -1.37. The van der Waals surface area contributed by atoms with Crippen LogP contribution in [0.1, 0.15) is 20.7 Å². The van der Waals surface area contributed by atoms with Crippen molar-refractivity contribution in [3.05, 3.63) is 65.9 Å². The third kappa shape index (κ3) is 7.23. The minimum atomic E-state index is -0.650. The van der Waals surface area contributed by atoms with Gasteiger partial charge in [-0.25, -0.2) is 4.79 Å². The molecule has 1 aliphatic rings. The Balaban J connectivity index is 1.29. The van der Waals surface area contributed by atoms with E-state index in [1.54, 1.807) is 47.4 Å². The second-order valence-electron chi connectivity index (χ2n) is 9.10. The molecule has 1 aliphatic heterocycles. The molecule has 0 atom stereocenters. The molecular formula is C28H34N6O6. The first-order valence-electron chi connectivity index (χ1n) is 13.2. The topological polar surface area (TPSA) is 159 Å². The Morgan fingerprint density at radius 1 is 0.850 bits per heavy atom. The van der Waals surface area contributed by atoms with Crippen molar-refractivity contribution in [3.63, 3.8) is 0 Å². The number of anilines is 1. The molecule has 212 valence electrons. The van der Waals surface area contributed by atoms with E-state index in [2.05, 4.69) is 15.6 Å². The first kappa shape index (κ1) is 28.7. The number of para-hydroxylation sites is 1. The molecule has 12 nitrogen and oxygen atoms in total. The number of rotatable bonds is 12. The highest BCUT2D eigenvalue weighted by atomic mass is 16.5. The predicted octanol–water partition coefficient (Wildman–Crippen LogP) is 1.45. The molecule has 0 aliphatic carbocycles. The van der Waals surface area contributed by atoms with Crippen molar-refractivity contribution in [3.8, 4) is 0 Å². The summed E-state index contributed by atoms with van der Waals surface area (Å²) < 4.78 is 10.6. The van der Waals surface area contributed by atoms with E-state index in [1.807, 2.05) is 6.07 Å². The molecule has 0 spiro atoms. The number of H-pyrrole nitrogens is 1. The summed E-state index contributed by atoms with van der Waals surface area (Å²) in [6.45, 7) is 3.61. The van der Waals surface area contributed by atoms with Crippen LogP contribution < -0.4 is 16.4 Å². The number of piperazine rings is 1. The van der Waals surface area contributed by atoms with Crippen molar-refractivity contribution in [1.29, 1.82) is 0 Å². The van der Waals surface area contributed by atoms with Gasteiger partial charge in [-0.2, -0.15) is 0 Å². The fourth-order valence-corrected chi connectivity index (χ4v) is 4.39. The van der Waals surface area contributed by atoms with Gasteiger partial charge in [0.2, 0.25) is 0 Å². The monoisotopic (exact) mass is 550 g/mol. The number of Topliss-reactive ketones (excluding diaryl/α,β-unsaturated/α-hetero) is 1. The van der Waals surface area contributed by atoms with E-state index in [9.17, 15) is 19.2 Å². The summed E-state index contributed by atoms with van der Waals surface area (Å²) in [5, 5.41) is 5.99. The quantitative estimate of drug-likeness (QED) is 0.151. The molecule has 1 saturated heterocycles. The van der Waals surface area contributed by atoms with E-state index in [0.717, 1.165) is 0 Å². The van der Waals surface area contributed by atoms with Crippen molar-refractivity contribution >= 4 is 40.2 Å². The Morgan fingerprint density at radius 2 is 1.55 bits per heavy atom. The maximum Gasteiger partial charge on any atom is 0.319 e. The van der Waals surface area contributed by atoms with Crippen LogP contribution >= 0.6 is 0 Å². The van der Waals surface area contributed by atoms with Gasteiger partial charge in [0.1, 0.15) is 0 Å². The summed E-state index contributed by atoms with van der Waals surface area (Å²) >= 11 is 0. The van der Waals surface area contributed by atoms with Crippen molar-refractivity contribution in [1.82, 2.24) is 20.1 Å². The van der Waals surface area contributed by atoms with Crippen LogP contribution in [0.25, 0.3) is 10.9 Å². The minimum absolute atomic E-state index is 0.0971. The van der Waals surface area contributed by atoms with Crippen molar-refractivity contribution in [2.24, 2.45) is 5.73 Å². The molecule has 40 heavy (non-hydrogen) atoms. The Bertz CT molecular complexity index is 1320. The second kappa shape index (κ2) is 14.2. The van der Waals surface area contributed by atoms with E-state index in [1.165, 1.54) is 11.1 Å². The summed E-state index contributed by atoms with van der Waals surface area (Å²) in [6, 6.07) is 13.6. The zero-order valence-electron chi connectivity index (χ0n) is 22.2. The van der Waals surface area contributed by atoms with Gasteiger partial charge in [-0.1, -0.05) is 30.3 Å². The minimum Gasteiger partial charge on any atom is -0.378 e. The lowest BCUT2D eigenvalue weighted by molar-refractivity contribution is -0.127. The van der Waals surface area contributed by atoms with Gasteiger partial charge in [-0.15, -0.1) is 0 Å². The maximum absolute atomic E-state index is 13.2. The molecule has 12 heteroatoms. The Morgan fingerprint density at radius 3 is 2.27 bits per heavy atom. The van der Waals surface area contributed by atoms with Crippen LogP contribution in [0, 0.1) is 0 Å². The number of aromatic amines is 1. The lowest BCUT2D eigenvalue weighted by Gasteiger charge is -2.34. The third-order valence-corrected chi connectivity index (χ3v) is 6.44. The lowest BCUT2D eigenvalue weighted by atomic mass is 10.1. The first-order chi connectivity index (χ1) is 19.5. The second-order valence-corrected chi connectivity index (χ2v) is 9.10. The van der Waals surface area contributed by atoms with Gasteiger partial charge < -0.3 is 40.6 Å². The number of carbonyl (C=O) groups is 4. The molecule has 2 heterocycles. The van der Waals surface area contributed by atoms with E-state index in [-0.39, 0.29) is 24.6 Å². The number of aromatic nitrogens is 1. The predicted molar refractivity (Wildman–Crippen MR) is 149 cm³/mol. The number of benzene rings is 2. The largest absolute Gasteiger partial charge is 0.378 e. The molecule has 0 saturated carbocycles. The number of nitrogens with zero attached hydrogens (tertiary/aromatic N) is 2. The van der Waals surface area contributed by atoms with Crippen molar-refractivity contribution in [2.45, 2.75) is 0 Å². The molecule has 0 radical (unpaired) electrons. The normalized spacial score (nSPS) is 13.3. The van der Waals surface area contributed by atoms with E-state index < -0.39 is 17.7 Å². The highest BCUT2D eigenvalue weighted by Gasteiger charge is 2.30. The molecule has 0 bridgehead atoms. The molecule has 4 rings (SSSR count). The number of ketones is 1. The van der Waals surface area contributed by atoms with Crippen molar-refractivity contribution < 1.29 is 28.7 Å². The van der Waals surface area contributed by atoms with Crippen LogP contribution in [0.5, 0.6) is 0 Å². The van der Waals surface area contributed by atoms with Crippen LogP contribution in [0.4, 0.5) is 10.5 Å². The maximum atomic E-state index is 13.2. The van der Waals surface area contributed by atoms with Gasteiger partial charge in [-0.05, 0) is 18.2 Å². The average Bonchev–Trinajstić information content (AvgIpc) is 3.43. The van der Waals surface area contributed by atoms with E-state index in [0.29, 0.717) is 74.8 Å². The number of urea groups is 1. The van der Waals surface area contributed by atoms with Crippen LogP contribution in [-0.2, 0) is 14.3 Å². The number of nitrogens with one attached hydrogen (secondary N) is 3. The van der Waals surface area contributed by atoms with Gasteiger partial charge in [0.15, 0.2) is 0 Å². The molecule has 3 aromatic rings. The number of ether oxygens (including phenoxy) is 2. The molecular weight excluding hydrogens is 516 g/mol. The van der Waals surface area contributed by atoms with Gasteiger partial charge in [0.05, 0.1) is 43.2 Å². The number of nitrogens with two attached hydrogens (primary N) is 1. The van der Waals surface area contributed by atoms with Crippen LogP contribution in [0.15, 0.2) is 54.7 Å². The van der Waals surface area contributed by atoms with Gasteiger partial charge >= 0.3 is 6.03 Å². The average molecular weight is 551 g/mol. The smallest absolute Gasteiger partial charge is 0.319 e.